The summed E-state index contributed by atoms with van der Waals surface area (Å²) in [7, 11) is 0. The van der Waals surface area contributed by atoms with E-state index in [0.717, 1.165) is 11.5 Å². The highest BCUT2D eigenvalue weighted by atomic mass is 31.0. The largest absolute Gasteiger partial charge is 0.457 e. The lowest BCUT2D eigenvalue weighted by Crippen LogP contribution is -2.36. The Bertz CT molecular complexity index is 2780. The summed E-state index contributed by atoms with van der Waals surface area (Å²) in [6.07, 6.45) is 9.93. The summed E-state index contributed by atoms with van der Waals surface area (Å²) >= 11 is 0. The second kappa shape index (κ2) is 20.9. The highest BCUT2D eigenvalue weighted by Crippen LogP contribution is 2.35. The number of rotatable bonds is 10. The molecule has 0 aliphatic heterocycles. The number of hydrogen-bond donors (Lipinski definition) is 0. The molecule has 2 heteroatoms. The van der Waals surface area contributed by atoms with Crippen LogP contribution in [0.2, 0.25) is 0 Å². The summed E-state index contributed by atoms with van der Waals surface area (Å²) in [6, 6.07) is 23.4. The van der Waals surface area contributed by atoms with Crippen LogP contribution < -0.4 is 25.6 Å². The molecule has 6 rings (SSSR count). The summed E-state index contributed by atoms with van der Waals surface area (Å²) in [5, 5.41) is 5.06. The van der Waals surface area contributed by atoms with Crippen LogP contribution in [0.4, 0.5) is 0 Å². The van der Waals surface area contributed by atoms with Gasteiger partial charge in [0.25, 0.3) is 0 Å². The SMILES string of the molecule is Cc1cc(C)c(C=c2c(C(C)C)cc(Oc3cc(C(C)C)c(=Cc4c(C)cc(C)cc4C)c(=Cc4c(C)cc(C)cc4C)c3C(C)C)c(C(C)C)c2=Cc2c(C)cc(C)cc2C)c(C)c1.P. The normalized spacial score (nSPS) is 13.0. The Morgan fingerprint density at radius 2 is 0.515 bits per heavy atom. The van der Waals surface area contributed by atoms with Crippen molar-refractivity contribution in [3.8, 4) is 11.5 Å². The molecular formula is C64H81OP. The first-order valence-corrected chi connectivity index (χ1v) is 24.3. The van der Waals surface area contributed by atoms with Crippen molar-refractivity contribution in [2.75, 3.05) is 0 Å². The zero-order chi connectivity index (χ0) is 47.9. The van der Waals surface area contributed by atoms with Crippen LogP contribution in [0.15, 0.2) is 60.7 Å². The monoisotopic (exact) mass is 897 g/mol. The third-order valence-electron chi connectivity index (χ3n) is 13.6. The molecule has 0 aliphatic rings. The molecule has 0 N–H and O–H groups in total. The van der Waals surface area contributed by atoms with E-state index in [4.69, 9.17) is 4.74 Å². The Hall–Kier alpha value is -4.97. The predicted molar refractivity (Wildman–Crippen MR) is 296 cm³/mol. The molecule has 0 fully saturated rings. The molecule has 0 spiro atoms. The van der Waals surface area contributed by atoms with Gasteiger partial charge in [-0.25, -0.2) is 0 Å². The van der Waals surface area contributed by atoms with Gasteiger partial charge in [0, 0.05) is 11.1 Å². The second-order valence-electron chi connectivity index (χ2n) is 21.0. The van der Waals surface area contributed by atoms with Crippen molar-refractivity contribution in [1.29, 1.82) is 0 Å². The van der Waals surface area contributed by atoms with Crippen molar-refractivity contribution in [2.24, 2.45) is 0 Å². The first-order valence-electron chi connectivity index (χ1n) is 24.3. The van der Waals surface area contributed by atoms with Gasteiger partial charge >= 0.3 is 0 Å². The maximum Gasteiger partial charge on any atom is 0.131 e. The molecule has 0 amide bonds. The summed E-state index contributed by atoms with van der Waals surface area (Å²) in [6.45, 7) is 45.6. The zero-order valence-corrected chi connectivity index (χ0v) is 45.9. The first-order chi connectivity index (χ1) is 30.5. The van der Waals surface area contributed by atoms with Crippen molar-refractivity contribution in [1.82, 2.24) is 0 Å². The van der Waals surface area contributed by atoms with Gasteiger partial charge in [0.15, 0.2) is 0 Å². The van der Waals surface area contributed by atoms with Crippen molar-refractivity contribution in [3.05, 3.63) is 193 Å². The molecule has 1 atom stereocenters. The average Bonchev–Trinajstić information content (AvgIpc) is 3.17. The van der Waals surface area contributed by atoms with Gasteiger partial charge in [-0.1, -0.05) is 126 Å². The Morgan fingerprint density at radius 1 is 0.303 bits per heavy atom. The topological polar surface area (TPSA) is 9.23 Å². The number of benzene rings is 6. The van der Waals surface area contributed by atoms with Gasteiger partial charge in [-0.05, 0) is 242 Å². The van der Waals surface area contributed by atoms with Crippen LogP contribution in [0, 0.1) is 83.1 Å². The fourth-order valence-corrected chi connectivity index (χ4v) is 10.8. The molecule has 6 aromatic carbocycles. The van der Waals surface area contributed by atoms with Gasteiger partial charge in [-0.3, -0.25) is 0 Å². The van der Waals surface area contributed by atoms with Crippen LogP contribution in [0.25, 0.3) is 24.3 Å². The van der Waals surface area contributed by atoms with E-state index in [1.165, 1.54) is 132 Å². The van der Waals surface area contributed by atoms with E-state index in [2.05, 4.69) is 223 Å². The molecule has 0 saturated heterocycles. The summed E-state index contributed by atoms with van der Waals surface area (Å²) in [5.41, 5.74) is 25.8. The highest BCUT2D eigenvalue weighted by Gasteiger charge is 2.23. The highest BCUT2D eigenvalue weighted by molar-refractivity contribution is 6.92. The van der Waals surface area contributed by atoms with E-state index in [1.807, 2.05) is 0 Å². The molecule has 66 heavy (non-hydrogen) atoms. The van der Waals surface area contributed by atoms with Crippen LogP contribution in [0.5, 0.6) is 11.5 Å². The molecule has 0 saturated carbocycles. The van der Waals surface area contributed by atoms with E-state index < -0.39 is 0 Å². The lowest BCUT2D eigenvalue weighted by atomic mass is 9.87. The minimum Gasteiger partial charge on any atom is -0.457 e. The Kier molecular flexibility index (Phi) is 16.5. The van der Waals surface area contributed by atoms with E-state index in [1.54, 1.807) is 0 Å². The molecule has 1 unspecified atom stereocenters. The summed E-state index contributed by atoms with van der Waals surface area (Å²) < 4.78 is 7.73. The third kappa shape index (κ3) is 10.9. The van der Waals surface area contributed by atoms with Crippen LogP contribution in [-0.2, 0) is 0 Å². The average molecular weight is 897 g/mol. The Morgan fingerprint density at radius 3 is 0.712 bits per heavy atom. The van der Waals surface area contributed by atoms with Crippen molar-refractivity contribution in [3.63, 3.8) is 0 Å². The van der Waals surface area contributed by atoms with Gasteiger partial charge in [-0.15, -0.1) is 0 Å². The van der Waals surface area contributed by atoms with Gasteiger partial charge in [0.05, 0.1) is 0 Å². The van der Waals surface area contributed by atoms with Crippen molar-refractivity contribution in [2.45, 2.75) is 162 Å². The lowest BCUT2D eigenvalue weighted by molar-refractivity contribution is 0.459. The number of aryl methyl sites for hydroxylation is 12. The minimum absolute atomic E-state index is 0. The molecule has 1 nitrogen and oxygen atoms in total. The predicted octanol–water partition coefficient (Wildman–Crippen LogP) is 15.0. The van der Waals surface area contributed by atoms with Crippen LogP contribution in [0.3, 0.4) is 0 Å². The summed E-state index contributed by atoms with van der Waals surface area (Å²) in [4.78, 5) is 0. The smallest absolute Gasteiger partial charge is 0.131 e. The Labute approximate surface area is 403 Å². The van der Waals surface area contributed by atoms with E-state index in [-0.39, 0.29) is 33.6 Å². The van der Waals surface area contributed by atoms with Crippen molar-refractivity contribution >= 4 is 34.2 Å². The molecule has 0 aromatic heterocycles. The maximum absolute atomic E-state index is 7.73. The fraction of sp³-hybridized carbons (Fsp3) is 0.375. The van der Waals surface area contributed by atoms with E-state index in [9.17, 15) is 0 Å². The van der Waals surface area contributed by atoms with Crippen LogP contribution >= 0.6 is 9.90 Å². The first kappa shape index (κ1) is 52.0. The van der Waals surface area contributed by atoms with Crippen LogP contribution in [0.1, 0.15) is 190 Å². The van der Waals surface area contributed by atoms with Gasteiger partial charge < -0.3 is 4.74 Å². The second-order valence-corrected chi connectivity index (χ2v) is 21.0. The van der Waals surface area contributed by atoms with E-state index in [0.29, 0.717) is 0 Å². The van der Waals surface area contributed by atoms with Gasteiger partial charge in [0.1, 0.15) is 11.5 Å². The third-order valence-corrected chi connectivity index (χ3v) is 13.6. The molecular weight excluding hydrogens is 816 g/mol. The fourth-order valence-electron chi connectivity index (χ4n) is 10.8. The van der Waals surface area contributed by atoms with Gasteiger partial charge in [0.2, 0.25) is 0 Å². The Balaban J connectivity index is 0.00000817. The van der Waals surface area contributed by atoms with E-state index >= 15 is 0 Å². The maximum atomic E-state index is 7.73. The minimum atomic E-state index is 0. The van der Waals surface area contributed by atoms with Crippen LogP contribution in [-0.4, -0.2) is 0 Å². The molecule has 0 bridgehead atoms. The molecule has 0 heterocycles. The summed E-state index contributed by atoms with van der Waals surface area (Å²) in [5.74, 6) is 2.72. The zero-order valence-electron chi connectivity index (χ0n) is 44.5. The molecule has 0 aliphatic carbocycles. The van der Waals surface area contributed by atoms with Crippen molar-refractivity contribution < 1.29 is 4.74 Å². The lowest BCUT2D eigenvalue weighted by Gasteiger charge is -2.24. The number of hydrogen-bond acceptors (Lipinski definition) is 1. The standard InChI is InChI=1S/C64H78O.H3P/c1-35(2)51-33-61(63(37(5)6)59(31-55-47(17)25-41(11)26-48(55)18)57(51)29-53-43(13)21-39(9)22-44(53)14)65-62-34-52(36(3)4)58(30-54-45(15)23-40(10)24-46(54)16)60(64(62)38(7)8)32-56-49(19)27-42(12)28-50(56)20;/h21-38H,1-20H3;1H3. The van der Waals surface area contributed by atoms with Gasteiger partial charge in [-0.2, -0.15) is 9.90 Å². The molecule has 348 valence electrons. The quantitative estimate of drug-likeness (QED) is 0.125. The molecule has 0 radical (unpaired) electrons. The molecule has 6 aromatic rings. The number of ether oxygens (including phenoxy) is 1.